The molecule has 0 unspecified atom stereocenters. The first kappa shape index (κ1) is 18.9. The third-order valence-electron chi connectivity index (χ3n) is 4.57. The smallest absolute Gasteiger partial charge is 0.255 e. The van der Waals surface area contributed by atoms with E-state index in [9.17, 15) is 4.79 Å². The molecule has 1 aromatic heterocycles. The Balaban J connectivity index is 1.46. The van der Waals surface area contributed by atoms with E-state index in [0.29, 0.717) is 12.1 Å². The number of carbonyl (C=O) groups excluding carboxylic acids is 1. The van der Waals surface area contributed by atoms with Crippen molar-refractivity contribution in [3.63, 3.8) is 0 Å². The van der Waals surface area contributed by atoms with Gasteiger partial charge in [-0.1, -0.05) is 48.6 Å². The van der Waals surface area contributed by atoms with Crippen molar-refractivity contribution in [3.8, 4) is 0 Å². The molecule has 1 aliphatic rings. The van der Waals surface area contributed by atoms with Gasteiger partial charge in [-0.2, -0.15) is 0 Å². The van der Waals surface area contributed by atoms with Gasteiger partial charge in [-0.05, 0) is 17.7 Å². The number of nitrogens with zero attached hydrogens (tertiary/aromatic N) is 3. The van der Waals surface area contributed by atoms with Crippen molar-refractivity contribution in [2.75, 3.05) is 44.6 Å². The van der Waals surface area contributed by atoms with Gasteiger partial charge in [0.15, 0.2) is 0 Å². The molecule has 1 aliphatic heterocycles. The Labute approximate surface area is 161 Å². The third-order valence-corrected chi connectivity index (χ3v) is 4.57. The average Bonchev–Trinajstić information content (AvgIpc) is 2.73. The summed E-state index contributed by atoms with van der Waals surface area (Å²) in [5.41, 5.74) is 1.85. The van der Waals surface area contributed by atoms with Crippen LogP contribution in [0.15, 0.2) is 67.4 Å². The number of aromatic nitrogens is 1. The van der Waals surface area contributed by atoms with E-state index in [-0.39, 0.29) is 5.91 Å². The molecule has 1 aromatic carbocycles. The summed E-state index contributed by atoms with van der Waals surface area (Å²) in [5, 5.41) is 3.11. The number of benzene rings is 1. The summed E-state index contributed by atoms with van der Waals surface area (Å²) >= 11 is 0. The largest absolute Gasteiger partial charge is 0.367 e. The number of amides is 1. The molecular weight excluding hydrogens is 336 g/mol. The standard InChI is InChI=1S/C22H26N4O/c1-2-12-23-21-11-10-20(18-24-21)22(27)26-16-14-25(15-17-26)13-6-9-19-7-4-3-5-8-19/h2-11,18H,1,12-17H2,(H,23,24)/b9-6+. The molecule has 3 rings (SSSR count). The van der Waals surface area contributed by atoms with Gasteiger partial charge in [-0.3, -0.25) is 9.69 Å². The molecule has 5 heteroatoms. The summed E-state index contributed by atoms with van der Waals surface area (Å²) in [6, 6.07) is 14.0. The van der Waals surface area contributed by atoms with Crippen molar-refractivity contribution in [3.05, 3.63) is 78.5 Å². The highest BCUT2D eigenvalue weighted by atomic mass is 16.2. The van der Waals surface area contributed by atoms with E-state index in [1.165, 1.54) is 5.56 Å². The number of anilines is 1. The Morgan fingerprint density at radius 2 is 1.89 bits per heavy atom. The van der Waals surface area contributed by atoms with Crippen LogP contribution in [-0.4, -0.2) is 60.0 Å². The number of carbonyl (C=O) groups is 1. The van der Waals surface area contributed by atoms with E-state index in [2.05, 4.69) is 46.1 Å². The van der Waals surface area contributed by atoms with Crippen LogP contribution in [0.2, 0.25) is 0 Å². The van der Waals surface area contributed by atoms with Gasteiger partial charge in [-0.15, -0.1) is 6.58 Å². The highest BCUT2D eigenvalue weighted by Crippen LogP contribution is 2.11. The van der Waals surface area contributed by atoms with Crippen LogP contribution >= 0.6 is 0 Å². The zero-order valence-electron chi connectivity index (χ0n) is 15.6. The molecule has 1 saturated heterocycles. The Bertz CT molecular complexity index is 763. The quantitative estimate of drug-likeness (QED) is 0.769. The summed E-state index contributed by atoms with van der Waals surface area (Å²) in [6.45, 7) is 8.48. The van der Waals surface area contributed by atoms with E-state index in [0.717, 1.165) is 38.5 Å². The Hall–Kier alpha value is -2.92. The molecule has 0 saturated carbocycles. The van der Waals surface area contributed by atoms with Crippen LogP contribution in [0.4, 0.5) is 5.82 Å². The molecular formula is C22H26N4O. The maximum Gasteiger partial charge on any atom is 0.255 e. The molecule has 27 heavy (non-hydrogen) atoms. The number of pyridine rings is 1. The summed E-state index contributed by atoms with van der Waals surface area (Å²) in [5.74, 6) is 0.804. The number of nitrogens with one attached hydrogen (secondary N) is 1. The molecule has 1 N–H and O–H groups in total. The van der Waals surface area contributed by atoms with Gasteiger partial charge in [0, 0.05) is 45.5 Å². The molecule has 1 fully saturated rings. The van der Waals surface area contributed by atoms with Crippen molar-refractivity contribution in [2.45, 2.75) is 0 Å². The van der Waals surface area contributed by atoms with E-state index in [1.54, 1.807) is 12.3 Å². The minimum atomic E-state index is 0.0530. The van der Waals surface area contributed by atoms with Crippen molar-refractivity contribution >= 4 is 17.8 Å². The predicted molar refractivity (Wildman–Crippen MR) is 111 cm³/mol. The molecule has 2 heterocycles. The summed E-state index contributed by atoms with van der Waals surface area (Å²) in [4.78, 5) is 21.2. The van der Waals surface area contributed by atoms with Gasteiger partial charge >= 0.3 is 0 Å². The first-order valence-electron chi connectivity index (χ1n) is 9.30. The van der Waals surface area contributed by atoms with Gasteiger partial charge in [0.1, 0.15) is 5.82 Å². The van der Waals surface area contributed by atoms with Gasteiger partial charge in [0.2, 0.25) is 0 Å². The second-order valence-electron chi connectivity index (χ2n) is 6.51. The Morgan fingerprint density at radius 1 is 1.11 bits per heavy atom. The Morgan fingerprint density at radius 3 is 2.56 bits per heavy atom. The number of rotatable bonds is 7. The summed E-state index contributed by atoms with van der Waals surface area (Å²) in [6.07, 6.45) is 7.74. The first-order valence-corrected chi connectivity index (χ1v) is 9.30. The maximum atomic E-state index is 12.6. The van der Waals surface area contributed by atoms with Crippen LogP contribution < -0.4 is 5.32 Å². The number of piperazine rings is 1. The highest BCUT2D eigenvalue weighted by molar-refractivity contribution is 5.94. The lowest BCUT2D eigenvalue weighted by Gasteiger charge is -2.34. The van der Waals surface area contributed by atoms with Crippen LogP contribution in [0.3, 0.4) is 0 Å². The van der Waals surface area contributed by atoms with E-state index < -0.39 is 0 Å². The molecule has 5 nitrogen and oxygen atoms in total. The lowest BCUT2D eigenvalue weighted by atomic mass is 10.2. The molecule has 0 aliphatic carbocycles. The normalized spacial score (nSPS) is 15.0. The molecule has 0 spiro atoms. The van der Waals surface area contributed by atoms with Gasteiger partial charge < -0.3 is 10.2 Å². The van der Waals surface area contributed by atoms with E-state index in [4.69, 9.17) is 0 Å². The second kappa shape index (κ2) is 9.69. The zero-order valence-corrected chi connectivity index (χ0v) is 15.6. The highest BCUT2D eigenvalue weighted by Gasteiger charge is 2.21. The fraction of sp³-hybridized carbons (Fsp3) is 0.273. The van der Waals surface area contributed by atoms with Crippen molar-refractivity contribution in [2.24, 2.45) is 0 Å². The van der Waals surface area contributed by atoms with Crippen LogP contribution in [0, 0.1) is 0 Å². The summed E-state index contributed by atoms with van der Waals surface area (Å²) < 4.78 is 0. The maximum absolute atomic E-state index is 12.6. The van der Waals surface area contributed by atoms with Gasteiger partial charge in [-0.25, -0.2) is 4.98 Å². The minimum Gasteiger partial charge on any atom is -0.367 e. The van der Waals surface area contributed by atoms with Crippen LogP contribution in [-0.2, 0) is 0 Å². The average molecular weight is 362 g/mol. The lowest BCUT2D eigenvalue weighted by molar-refractivity contribution is 0.0650. The topological polar surface area (TPSA) is 48.5 Å². The fourth-order valence-electron chi connectivity index (χ4n) is 3.02. The molecule has 0 bridgehead atoms. The zero-order chi connectivity index (χ0) is 18.9. The molecule has 0 atom stereocenters. The van der Waals surface area contributed by atoms with Crippen molar-refractivity contribution in [1.82, 2.24) is 14.8 Å². The van der Waals surface area contributed by atoms with E-state index >= 15 is 0 Å². The van der Waals surface area contributed by atoms with Gasteiger partial charge in [0.25, 0.3) is 5.91 Å². The molecule has 1 amide bonds. The van der Waals surface area contributed by atoms with E-state index in [1.807, 2.05) is 35.2 Å². The van der Waals surface area contributed by atoms with Crippen LogP contribution in [0.25, 0.3) is 6.08 Å². The molecule has 2 aromatic rings. The first-order chi connectivity index (χ1) is 13.3. The SMILES string of the molecule is C=CCNc1ccc(C(=O)N2CCN(C/C=C/c3ccccc3)CC2)cn1. The lowest BCUT2D eigenvalue weighted by Crippen LogP contribution is -2.48. The summed E-state index contributed by atoms with van der Waals surface area (Å²) in [7, 11) is 0. The fourth-order valence-corrected chi connectivity index (χ4v) is 3.02. The van der Waals surface area contributed by atoms with Crippen molar-refractivity contribution in [1.29, 1.82) is 0 Å². The van der Waals surface area contributed by atoms with Crippen molar-refractivity contribution < 1.29 is 4.79 Å². The third kappa shape index (κ3) is 5.53. The number of hydrogen-bond acceptors (Lipinski definition) is 4. The molecule has 140 valence electrons. The second-order valence-corrected chi connectivity index (χ2v) is 6.51. The molecule has 0 radical (unpaired) electrons. The number of hydrogen-bond donors (Lipinski definition) is 1. The van der Waals surface area contributed by atoms with Gasteiger partial charge in [0.05, 0.1) is 5.56 Å². The van der Waals surface area contributed by atoms with Crippen LogP contribution in [0.1, 0.15) is 15.9 Å². The Kier molecular flexibility index (Phi) is 6.77. The van der Waals surface area contributed by atoms with Crippen LogP contribution in [0.5, 0.6) is 0 Å². The monoisotopic (exact) mass is 362 g/mol. The minimum absolute atomic E-state index is 0.0530. The predicted octanol–water partition coefficient (Wildman–Crippen LogP) is 3.15.